The number of hydrogen-bond donors (Lipinski definition) is 0. The molecule has 0 saturated carbocycles. The highest BCUT2D eigenvalue weighted by atomic mass is 32.2. The molecular formula is C14H17N3OS. The Labute approximate surface area is 117 Å². The number of thioether (sulfide) groups is 1. The van der Waals surface area contributed by atoms with Gasteiger partial charge in [0.05, 0.1) is 10.9 Å². The lowest BCUT2D eigenvalue weighted by Crippen LogP contribution is -2.01. The predicted molar refractivity (Wildman–Crippen MR) is 80.6 cm³/mol. The van der Waals surface area contributed by atoms with E-state index in [2.05, 4.69) is 29.0 Å². The van der Waals surface area contributed by atoms with E-state index >= 15 is 0 Å². The zero-order chi connectivity index (χ0) is 13.7. The summed E-state index contributed by atoms with van der Waals surface area (Å²) >= 11 is 1.60. The minimum Gasteiger partial charge on any atom is -0.335 e. The first-order chi connectivity index (χ1) is 9.20. The number of para-hydroxylation sites is 1. The number of nitrogens with zero attached hydrogens (tertiary/aromatic N) is 3. The first-order valence-electron chi connectivity index (χ1n) is 6.18. The number of oxime groups is 1. The van der Waals surface area contributed by atoms with Crippen LogP contribution in [0.2, 0.25) is 0 Å². The Kier molecular flexibility index (Phi) is 4.74. The van der Waals surface area contributed by atoms with E-state index in [1.165, 1.54) is 6.33 Å². The SMILES string of the molecule is CS/C(CC(C)C)=N\Oc1ncnc2ccccc12. The molecule has 0 unspecified atom stereocenters. The molecule has 0 bridgehead atoms. The topological polar surface area (TPSA) is 47.4 Å². The normalized spacial score (nSPS) is 12.1. The van der Waals surface area contributed by atoms with Crippen molar-refractivity contribution in [2.75, 3.05) is 6.26 Å². The summed E-state index contributed by atoms with van der Waals surface area (Å²) in [5.74, 6) is 1.05. The Balaban J connectivity index is 2.23. The van der Waals surface area contributed by atoms with Crippen LogP contribution in [0, 0.1) is 5.92 Å². The Morgan fingerprint density at radius 3 is 2.84 bits per heavy atom. The Morgan fingerprint density at radius 2 is 2.11 bits per heavy atom. The molecule has 0 aliphatic heterocycles. The fourth-order valence-corrected chi connectivity index (χ4v) is 2.27. The molecule has 2 rings (SSSR count). The van der Waals surface area contributed by atoms with Crippen molar-refractivity contribution in [3.63, 3.8) is 0 Å². The molecule has 0 atom stereocenters. The second-order valence-corrected chi connectivity index (χ2v) is 5.45. The van der Waals surface area contributed by atoms with Gasteiger partial charge in [-0.15, -0.1) is 11.8 Å². The van der Waals surface area contributed by atoms with Crippen LogP contribution in [-0.2, 0) is 0 Å². The maximum absolute atomic E-state index is 5.49. The Hall–Kier alpha value is -1.62. The van der Waals surface area contributed by atoms with Crippen LogP contribution in [0.1, 0.15) is 20.3 Å². The zero-order valence-corrected chi connectivity index (χ0v) is 12.1. The van der Waals surface area contributed by atoms with Crippen molar-refractivity contribution in [1.29, 1.82) is 0 Å². The molecule has 0 N–H and O–H groups in total. The molecule has 5 heteroatoms. The van der Waals surface area contributed by atoms with Gasteiger partial charge < -0.3 is 4.84 Å². The van der Waals surface area contributed by atoms with Crippen molar-refractivity contribution in [3.05, 3.63) is 30.6 Å². The van der Waals surface area contributed by atoms with Crippen molar-refractivity contribution in [2.45, 2.75) is 20.3 Å². The first kappa shape index (κ1) is 13.8. The van der Waals surface area contributed by atoms with E-state index in [4.69, 9.17) is 4.84 Å². The van der Waals surface area contributed by atoms with Crippen LogP contribution in [0.5, 0.6) is 5.88 Å². The average molecular weight is 275 g/mol. The molecule has 1 aromatic carbocycles. The fourth-order valence-electron chi connectivity index (χ4n) is 1.65. The van der Waals surface area contributed by atoms with Crippen molar-refractivity contribution in [3.8, 4) is 5.88 Å². The lowest BCUT2D eigenvalue weighted by Gasteiger charge is -2.06. The standard InChI is InChI=1S/C14H17N3OS/c1-10(2)8-13(19-3)17-18-14-11-6-4-5-7-12(11)15-9-16-14/h4-7,9-10H,8H2,1-3H3/b17-13-. The predicted octanol–water partition coefficient (Wildman–Crippen LogP) is 3.73. The minimum absolute atomic E-state index is 0.501. The summed E-state index contributed by atoms with van der Waals surface area (Å²) in [5, 5.41) is 6.04. The summed E-state index contributed by atoms with van der Waals surface area (Å²) in [6, 6.07) is 7.74. The first-order valence-corrected chi connectivity index (χ1v) is 7.40. The molecule has 0 fully saturated rings. The lowest BCUT2D eigenvalue weighted by molar-refractivity contribution is 0.331. The molecule has 2 aromatic rings. The van der Waals surface area contributed by atoms with Crippen molar-refractivity contribution in [1.82, 2.24) is 9.97 Å². The van der Waals surface area contributed by atoms with Crippen LogP contribution in [-0.4, -0.2) is 21.3 Å². The van der Waals surface area contributed by atoms with Gasteiger partial charge in [0.15, 0.2) is 0 Å². The maximum atomic E-state index is 5.49. The molecule has 1 heterocycles. The average Bonchev–Trinajstić information content (AvgIpc) is 2.43. The Morgan fingerprint density at radius 1 is 1.32 bits per heavy atom. The minimum atomic E-state index is 0.501. The van der Waals surface area contributed by atoms with E-state index in [9.17, 15) is 0 Å². The van der Waals surface area contributed by atoms with Crippen LogP contribution < -0.4 is 4.84 Å². The third-order valence-corrected chi connectivity index (χ3v) is 3.27. The highest BCUT2D eigenvalue weighted by Gasteiger charge is 2.06. The summed E-state index contributed by atoms with van der Waals surface area (Å²) < 4.78 is 0. The van der Waals surface area contributed by atoms with E-state index < -0.39 is 0 Å². The highest BCUT2D eigenvalue weighted by molar-refractivity contribution is 8.13. The fraction of sp³-hybridized carbons (Fsp3) is 0.357. The van der Waals surface area contributed by atoms with Crippen LogP contribution in [0.25, 0.3) is 10.9 Å². The molecule has 4 nitrogen and oxygen atoms in total. The van der Waals surface area contributed by atoms with Gasteiger partial charge in [0, 0.05) is 6.42 Å². The van der Waals surface area contributed by atoms with E-state index in [0.717, 1.165) is 22.4 Å². The van der Waals surface area contributed by atoms with Crippen LogP contribution in [0.3, 0.4) is 0 Å². The van der Waals surface area contributed by atoms with Gasteiger partial charge in [-0.2, -0.15) is 4.98 Å². The molecule has 19 heavy (non-hydrogen) atoms. The van der Waals surface area contributed by atoms with Gasteiger partial charge in [0.25, 0.3) is 5.88 Å². The van der Waals surface area contributed by atoms with E-state index in [0.29, 0.717) is 11.8 Å². The summed E-state index contributed by atoms with van der Waals surface area (Å²) in [6.07, 6.45) is 4.40. The second kappa shape index (κ2) is 6.52. The number of fused-ring (bicyclic) bond motifs is 1. The monoisotopic (exact) mass is 275 g/mol. The number of aromatic nitrogens is 2. The van der Waals surface area contributed by atoms with E-state index in [-0.39, 0.29) is 0 Å². The second-order valence-electron chi connectivity index (χ2n) is 4.57. The van der Waals surface area contributed by atoms with Gasteiger partial charge in [-0.1, -0.05) is 31.1 Å². The highest BCUT2D eigenvalue weighted by Crippen LogP contribution is 2.21. The maximum Gasteiger partial charge on any atom is 0.259 e. The van der Waals surface area contributed by atoms with E-state index in [1.54, 1.807) is 11.8 Å². The van der Waals surface area contributed by atoms with Crippen LogP contribution in [0.15, 0.2) is 35.7 Å². The third-order valence-electron chi connectivity index (χ3n) is 2.56. The van der Waals surface area contributed by atoms with Gasteiger partial charge in [-0.3, -0.25) is 0 Å². The van der Waals surface area contributed by atoms with Crippen LogP contribution in [0.4, 0.5) is 0 Å². The van der Waals surface area contributed by atoms with Gasteiger partial charge >= 0.3 is 0 Å². The molecule has 0 spiro atoms. The molecule has 1 aromatic heterocycles. The molecule has 0 radical (unpaired) electrons. The molecule has 0 amide bonds. The molecule has 0 saturated heterocycles. The molecule has 0 aliphatic rings. The quantitative estimate of drug-likeness (QED) is 0.484. The van der Waals surface area contributed by atoms with Gasteiger partial charge in [-0.25, -0.2) is 4.98 Å². The smallest absolute Gasteiger partial charge is 0.259 e. The summed E-state index contributed by atoms with van der Waals surface area (Å²) in [7, 11) is 0. The van der Waals surface area contributed by atoms with Crippen molar-refractivity contribution < 1.29 is 4.84 Å². The van der Waals surface area contributed by atoms with Gasteiger partial charge in [0.1, 0.15) is 11.4 Å². The van der Waals surface area contributed by atoms with Crippen LogP contribution >= 0.6 is 11.8 Å². The largest absolute Gasteiger partial charge is 0.335 e. The Bertz CT molecular complexity index is 578. The number of rotatable bonds is 4. The molecule has 0 aliphatic carbocycles. The zero-order valence-electron chi connectivity index (χ0n) is 11.3. The summed E-state index contributed by atoms with van der Waals surface area (Å²) in [4.78, 5) is 13.8. The van der Waals surface area contributed by atoms with Gasteiger partial charge in [0.2, 0.25) is 0 Å². The lowest BCUT2D eigenvalue weighted by atomic mass is 10.1. The number of hydrogen-bond acceptors (Lipinski definition) is 5. The third kappa shape index (κ3) is 3.67. The molecular weight excluding hydrogens is 258 g/mol. The van der Waals surface area contributed by atoms with E-state index in [1.807, 2.05) is 30.5 Å². The van der Waals surface area contributed by atoms with Gasteiger partial charge in [-0.05, 0) is 24.3 Å². The van der Waals surface area contributed by atoms with Crippen molar-refractivity contribution in [2.24, 2.45) is 11.1 Å². The summed E-state index contributed by atoms with van der Waals surface area (Å²) in [5.41, 5.74) is 0.859. The van der Waals surface area contributed by atoms with Crippen molar-refractivity contribution >= 4 is 27.7 Å². The summed E-state index contributed by atoms with van der Waals surface area (Å²) in [6.45, 7) is 4.32. The number of benzene rings is 1. The molecule has 100 valence electrons.